The minimum absolute atomic E-state index is 0.0187. The van der Waals surface area contributed by atoms with Gasteiger partial charge < -0.3 is 4.42 Å². The monoisotopic (exact) mass is 404 g/mol. The largest absolute Gasteiger partial charge is 0.407 e. The van der Waals surface area contributed by atoms with Crippen LogP contribution in [-0.2, 0) is 15.4 Å². The predicted octanol–water partition coefficient (Wildman–Crippen LogP) is 2.98. The van der Waals surface area contributed by atoms with E-state index in [0.29, 0.717) is 5.89 Å². The quantitative estimate of drug-likeness (QED) is 0.678. The van der Waals surface area contributed by atoms with Gasteiger partial charge in [0.25, 0.3) is 5.91 Å². The Morgan fingerprint density at radius 2 is 1.71 bits per heavy atom. The van der Waals surface area contributed by atoms with Crippen molar-refractivity contribution in [3.63, 3.8) is 0 Å². The van der Waals surface area contributed by atoms with Gasteiger partial charge in [-0.05, 0) is 24.3 Å². The Bertz CT molecular complexity index is 947. The first-order valence-corrected chi connectivity index (χ1v) is 10.0. The number of benzene rings is 1. The number of hydrogen-bond acceptors (Lipinski definition) is 6. The third-order valence-corrected chi connectivity index (χ3v) is 5.55. The van der Waals surface area contributed by atoms with Crippen molar-refractivity contribution in [3.05, 3.63) is 61.0 Å². The summed E-state index contributed by atoms with van der Waals surface area (Å²) in [6.07, 6.45) is 3.00. The maximum Gasteiger partial charge on any atom is 0.322 e. The molecular formula is C19H24N4O4S. The summed E-state index contributed by atoms with van der Waals surface area (Å²) in [6, 6.07) is 5.57. The fraction of sp³-hybridized carbons (Fsp3) is 0.316. The van der Waals surface area contributed by atoms with Crippen molar-refractivity contribution in [1.82, 2.24) is 14.5 Å². The Morgan fingerprint density at radius 1 is 1.14 bits per heavy atom. The molecule has 1 N–H and O–H groups in total. The zero-order valence-electron chi connectivity index (χ0n) is 16.2. The first kappa shape index (κ1) is 21.5. The van der Waals surface area contributed by atoms with Crippen molar-refractivity contribution in [2.75, 3.05) is 18.4 Å². The van der Waals surface area contributed by atoms with Crippen LogP contribution < -0.4 is 5.32 Å². The average Bonchev–Trinajstić information content (AvgIpc) is 3.10. The van der Waals surface area contributed by atoms with Crippen molar-refractivity contribution in [2.24, 2.45) is 0 Å². The molecule has 0 fully saturated rings. The maximum absolute atomic E-state index is 12.7. The number of aromatic nitrogens is 2. The molecule has 0 aliphatic carbocycles. The summed E-state index contributed by atoms with van der Waals surface area (Å²) >= 11 is 0. The van der Waals surface area contributed by atoms with E-state index in [4.69, 9.17) is 4.42 Å². The summed E-state index contributed by atoms with van der Waals surface area (Å²) in [4.78, 5) is 12.4. The Morgan fingerprint density at radius 3 is 2.18 bits per heavy atom. The van der Waals surface area contributed by atoms with Gasteiger partial charge in [-0.1, -0.05) is 38.0 Å². The van der Waals surface area contributed by atoms with E-state index in [-0.39, 0.29) is 35.0 Å². The van der Waals surface area contributed by atoms with Crippen LogP contribution in [0.25, 0.3) is 0 Å². The second-order valence-electron chi connectivity index (χ2n) is 7.04. The summed E-state index contributed by atoms with van der Waals surface area (Å²) in [6.45, 7) is 13.2. The number of amides is 1. The topological polar surface area (TPSA) is 105 Å². The maximum atomic E-state index is 12.7. The Balaban J connectivity index is 2.17. The number of hydrogen-bond donors (Lipinski definition) is 1. The molecule has 0 saturated heterocycles. The molecule has 0 saturated carbocycles. The van der Waals surface area contributed by atoms with Crippen LogP contribution in [0.5, 0.6) is 0 Å². The highest BCUT2D eigenvalue weighted by molar-refractivity contribution is 7.89. The summed E-state index contributed by atoms with van der Waals surface area (Å²) < 4.78 is 32.0. The molecule has 0 unspecified atom stereocenters. The van der Waals surface area contributed by atoms with Gasteiger partial charge in [0.15, 0.2) is 0 Å². The van der Waals surface area contributed by atoms with E-state index in [0.717, 1.165) is 0 Å². The molecule has 0 spiro atoms. The molecule has 8 nitrogen and oxygen atoms in total. The summed E-state index contributed by atoms with van der Waals surface area (Å²) in [5, 5.41) is 10.2. The number of nitrogens with one attached hydrogen (secondary N) is 1. The van der Waals surface area contributed by atoms with Gasteiger partial charge in [-0.2, -0.15) is 4.31 Å². The van der Waals surface area contributed by atoms with E-state index in [2.05, 4.69) is 28.7 Å². The zero-order chi connectivity index (χ0) is 20.9. The molecule has 9 heteroatoms. The molecule has 1 heterocycles. The second-order valence-corrected chi connectivity index (χ2v) is 8.98. The third kappa shape index (κ3) is 4.93. The average molecular weight is 404 g/mol. The predicted molar refractivity (Wildman–Crippen MR) is 107 cm³/mol. The van der Waals surface area contributed by atoms with Gasteiger partial charge in [-0.15, -0.1) is 18.3 Å². The lowest BCUT2D eigenvalue weighted by molar-refractivity contribution is 0.102. The van der Waals surface area contributed by atoms with Gasteiger partial charge in [-0.3, -0.25) is 10.1 Å². The van der Waals surface area contributed by atoms with Crippen LogP contribution in [-0.4, -0.2) is 41.9 Å². The molecule has 1 amide bonds. The number of sulfonamides is 1. The van der Waals surface area contributed by atoms with Crippen LogP contribution in [0.2, 0.25) is 0 Å². The molecule has 1 aromatic heterocycles. The van der Waals surface area contributed by atoms with Crippen molar-refractivity contribution in [1.29, 1.82) is 0 Å². The Labute approximate surface area is 165 Å². The third-order valence-electron chi connectivity index (χ3n) is 3.71. The molecule has 0 bridgehead atoms. The molecule has 0 aliphatic heterocycles. The lowest BCUT2D eigenvalue weighted by Gasteiger charge is -2.19. The van der Waals surface area contributed by atoms with Gasteiger partial charge in [0.05, 0.1) is 4.90 Å². The van der Waals surface area contributed by atoms with E-state index < -0.39 is 15.9 Å². The molecule has 0 radical (unpaired) electrons. The van der Waals surface area contributed by atoms with Crippen LogP contribution in [0.15, 0.2) is 58.9 Å². The van der Waals surface area contributed by atoms with E-state index in [1.54, 1.807) is 0 Å². The SMILES string of the molecule is C=CCN(CC=C)S(=O)(=O)c1ccc(C(=O)Nc2nnc(C(C)(C)C)o2)cc1. The highest BCUT2D eigenvalue weighted by Crippen LogP contribution is 2.22. The fourth-order valence-corrected chi connectivity index (χ4v) is 3.61. The van der Waals surface area contributed by atoms with E-state index in [9.17, 15) is 13.2 Å². The van der Waals surface area contributed by atoms with E-state index >= 15 is 0 Å². The van der Waals surface area contributed by atoms with Crippen molar-refractivity contribution >= 4 is 21.9 Å². The fourth-order valence-electron chi connectivity index (χ4n) is 2.23. The molecule has 2 aromatic rings. The molecule has 150 valence electrons. The molecule has 28 heavy (non-hydrogen) atoms. The van der Waals surface area contributed by atoms with Gasteiger partial charge >= 0.3 is 6.01 Å². The molecule has 1 aromatic carbocycles. The van der Waals surface area contributed by atoms with E-state index in [1.165, 1.54) is 40.7 Å². The molecular weight excluding hydrogens is 380 g/mol. The number of rotatable bonds is 8. The molecule has 0 aliphatic rings. The molecule has 0 atom stereocenters. The highest BCUT2D eigenvalue weighted by atomic mass is 32.2. The summed E-state index contributed by atoms with van der Waals surface area (Å²) in [7, 11) is -3.72. The second kappa shape index (κ2) is 8.49. The lowest BCUT2D eigenvalue weighted by Crippen LogP contribution is -2.31. The lowest BCUT2D eigenvalue weighted by atomic mass is 9.97. The van der Waals surface area contributed by atoms with Gasteiger partial charge in [0.2, 0.25) is 15.9 Å². The summed E-state index contributed by atoms with van der Waals surface area (Å²) in [5.41, 5.74) is -0.0807. The Hall–Kier alpha value is -2.78. The first-order chi connectivity index (χ1) is 13.1. The highest BCUT2D eigenvalue weighted by Gasteiger charge is 2.24. The number of carbonyl (C=O) groups is 1. The van der Waals surface area contributed by atoms with Gasteiger partial charge in [0, 0.05) is 24.1 Å². The minimum Gasteiger partial charge on any atom is -0.407 e. The van der Waals surface area contributed by atoms with Crippen molar-refractivity contribution < 1.29 is 17.6 Å². The number of nitrogens with zero attached hydrogens (tertiary/aromatic N) is 3. The zero-order valence-corrected chi connectivity index (χ0v) is 17.0. The van der Waals surface area contributed by atoms with Crippen LogP contribution in [0.3, 0.4) is 0 Å². The molecule has 2 rings (SSSR count). The smallest absolute Gasteiger partial charge is 0.322 e. The minimum atomic E-state index is -3.72. The van der Waals surface area contributed by atoms with Crippen molar-refractivity contribution in [2.45, 2.75) is 31.1 Å². The van der Waals surface area contributed by atoms with Crippen LogP contribution >= 0.6 is 0 Å². The number of anilines is 1. The van der Waals surface area contributed by atoms with Crippen LogP contribution in [0, 0.1) is 0 Å². The number of carbonyl (C=O) groups excluding carboxylic acids is 1. The standard InChI is InChI=1S/C19H24N4O4S/c1-6-12-23(13-7-2)28(25,26)15-10-8-14(9-11-15)16(24)20-18-22-21-17(27-18)19(3,4)5/h6-11H,1-2,12-13H2,3-5H3,(H,20,22,24). The Kier molecular flexibility index (Phi) is 6.52. The van der Waals surface area contributed by atoms with Gasteiger partial charge in [0.1, 0.15) is 0 Å². The normalized spacial score (nSPS) is 12.0. The summed E-state index contributed by atoms with van der Waals surface area (Å²) in [5.74, 6) is -0.0872. The van der Waals surface area contributed by atoms with Crippen LogP contribution in [0.4, 0.5) is 6.01 Å². The van der Waals surface area contributed by atoms with Crippen molar-refractivity contribution in [3.8, 4) is 0 Å². The van der Waals surface area contributed by atoms with Crippen LogP contribution in [0.1, 0.15) is 37.0 Å². The van der Waals surface area contributed by atoms with Gasteiger partial charge in [-0.25, -0.2) is 8.42 Å². The first-order valence-electron chi connectivity index (χ1n) is 8.57. The van der Waals surface area contributed by atoms with E-state index in [1.807, 2.05) is 20.8 Å².